The van der Waals surface area contributed by atoms with E-state index in [0.717, 1.165) is 35.0 Å². The Morgan fingerprint density at radius 2 is 2.11 bits per heavy atom. The zero-order valence-corrected chi connectivity index (χ0v) is 13.0. The van der Waals surface area contributed by atoms with E-state index >= 15 is 0 Å². The average molecular weight is 329 g/mol. The zero-order valence-electron chi connectivity index (χ0n) is 11.5. The van der Waals surface area contributed by atoms with Crippen molar-refractivity contribution in [3.05, 3.63) is 22.2 Å². The fourth-order valence-corrected chi connectivity index (χ4v) is 2.39. The highest BCUT2D eigenvalue weighted by Gasteiger charge is 2.11. The minimum atomic E-state index is 0.0146. The van der Waals surface area contributed by atoms with Crippen LogP contribution in [0.4, 0.5) is 5.69 Å². The molecule has 5 heteroatoms. The lowest BCUT2D eigenvalue weighted by Gasteiger charge is -2.13. The molecular weight excluding hydrogens is 308 g/mol. The second-order valence-electron chi connectivity index (χ2n) is 4.45. The van der Waals surface area contributed by atoms with Crippen LogP contribution in [0, 0.1) is 6.92 Å². The number of hydrogen-bond donors (Lipinski definition) is 2. The molecule has 0 aliphatic carbocycles. The van der Waals surface area contributed by atoms with Crippen LogP contribution in [0.5, 0.6) is 5.75 Å². The van der Waals surface area contributed by atoms with Crippen molar-refractivity contribution in [1.29, 1.82) is 0 Å². The second kappa shape index (κ2) is 8.17. The molecule has 0 atom stereocenters. The van der Waals surface area contributed by atoms with Gasteiger partial charge in [-0.05, 0) is 44.0 Å². The van der Waals surface area contributed by atoms with E-state index in [0.29, 0.717) is 18.7 Å². The van der Waals surface area contributed by atoms with Crippen LogP contribution in [-0.2, 0) is 4.79 Å². The van der Waals surface area contributed by atoms with E-state index in [9.17, 15) is 4.79 Å². The average Bonchev–Trinajstić information content (AvgIpc) is 2.37. The van der Waals surface area contributed by atoms with Crippen LogP contribution in [0.25, 0.3) is 0 Å². The lowest BCUT2D eigenvalue weighted by molar-refractivity contribution is -0.116. The van der Waals surface area contributed by atoms with E-state index in [1.807, 2.05) is 19.1 Å². The molecule has 0 fully saturated rings. The van der Waals surface area contributed by atoms with Gasteiger partial charge in [0.15, 0.2) is 0 Å². The minimum Gasteiger partial charge on any atom is -0.495 e. The number of methoxy groups -OCH3 is 1. The number of carbonyl (C=O) groups excluding carboxylic acids is 1. The van der Waals surface area contributed by atoms with E-state index < -0.39 is 0 Å². The number of ether oxygens (including phenoxy) is 1. The van der Waals surface area contributed by atoms with Crippen LogP contribution >= 0.6 is 15.9 Å². The third-order valence-electron chi connectivity index (χ3n) is 2.86. The van der Waals surface area contributed by atoms with Gasteiger partial charge in [0.1, 0.15) is 5.75 Å². The number of benzene rings is 1. The molecule has 0 aliphatic heterocycles. The Kier molecular flexibility index (Phi) is 6.87. The second-order valence-corrected chi connectivity index (χ2v) is 5.36. The Hall–Kier alpha value is -1.07. The predicted octanol–water partition coefficient (Wildman–Crippen LogP) is 3.22. The van der Waals surface area contributed by atoms with Crippen molar-refractivity contribution in [2.75, 3.05) is 19.0 Å². The molecule has 0 unspecified atom stereocenters. The zero-order chi connectivity index (χ0) is 14.3. The monoisotopic (exact) mass is 328 g/mol. The van der Waals surface area contributed by atoms with Gasteiger partial charge in [-0.3, -0.25) is 4.79 Å². The number of amides is 1. The first-order valence-electron chi connectivity index (χ1n) is 6.42. The number of nitrogens with two attached hydrogens (primary N) is 1. The van der Waals surface area contributed by atoms with Crippen LogP contribution in [0.1, 0.15) is 31.2 Å². The molecule has 0 spiro atoms. The summed E-state index contributed by atoms with van der Waals surface area (Å²) in [6.07, 6.45) is 3.33. The third-order valence-corrected chi connectivity index (χ3v) is 3.31. The highest BCUT2D eigenvalue weighted by Crippen LogP contribution is 2.32. The molecular formula is C14H21BrN2O2. The van der Waals surface area contributed by atoms with Crippen molar-refractivity contribution in [2.45, 2.75) is 32.6 Å². The predicted molar refractivity (Wildman–Crippen MR) is 81.6 cm³/mol. The van der Waals surface area contributed by atoms with Gasteiger partial charge in [-0.2, -0.15) is 0 Å². The smallest absolute Gasteiger partial charge is 0.224 e. The number of unbranched alkanes of at least 4 members (excludes halogenated alkanes) is 2. The summed E-state index contributed by atoms with van der Waals surface area (Å²) in [4.78, 5) is 11.9. The Morgan fingerprint density at radius 1 is 1.37 bits per heavy atom. The van der Waals surface area contributed by atoms with E-state index in [1.165, 1.54) is 0 Å². The fourth-order valence-electron chi connectivity index (χ4n) is 1.84. The van der Waals surface area contributed by atoms with Crippen molar-refractivity contribution >= 4 is 27.5 Å². The largest absolute Gasteiger partial charge is 0.495 e. The molecule has 3 N–H and O–H groups in total. The van der Waals surface area contributed by atoms with E-state index in [4.69, 9.17) is 10.5 Å². The number of halogens is 1. The van der Waals surface area contributed by atoms with Gasteiger partial charge < -0.3 is 15.8 Å². The maximum atomic E-state index is 11.9. The fraction of sp³-hybridized carbons (Fsp3) is 0.500. The molecule has 0 saturated heterocycles. The quantitative estimate of drug-likeness (QED) is 0.755. The van der Waals surface area contributed by atoms with Gasteiger partial charge in [0.2, 0.25) is 5.91 Å². The van der Waals surface area contributed by atoms with Crippen LogP contribution in [0.3, 0.4) is 0 Å². The Bertz CT molecular complexity index is 436. The van der Waals surface area contributed by atoms with Crippen molar-refractivity contribution < 1.29 is 9.53 Å². The van der Waals surface area contributed by atoms with E-state index in [-0.39, 0.29) is 5.91 Å². The van der Waals surface area contributed by atoms with Crippen LogP contribution in [-0.4, -0.2) is 19.6 Å². The van der Waals surface area contributed by atoms with Gasteiger partial charge in [0.05, 0.1) is 12.8 Å². The van der Waals surface area contributed by atoms with Crippen molar-refractivity contribution in [3.8, 4) is 5.75 Å². The Morgan fingerprint density at radius 3 is 2.74 bits per heavy atom. The van der Waals surface area contributed by atoms with Crippen LogP contribution < -0.4 is 15.8 Å². The highest BCUT2D eigenvalue weighted by molar-refractivity contribution is 9.10. The summed E-state index contributed by atoms with van der Waals surface area (Å²) in [6.45, 7) is 2.62. The molecule has 0 saturated carbocycles. The third kappa shape index (κ3) is 5.20. The maximum Gasteiger partial charge on any atom is 0.224 e. The summed E-state index contributed by atoms with van der Waals surface area (Å²) in [6, 6.07) is 3.80. The van der Waals surface area contributed by atoms with Gasteiger partial charge in [-0.25, -0.2) is 0 Å². The molecule has 0 aromatic heterocycles. The lowest BCUT2D eigenvalue weighted by Crippen LogP contribution is -2.13. The molecule has 4 nitrogen and oxygen atoms in total. The van der Waals surface area contributed by atoms with Gasteiger partial charge in [0.25, 0.3) is 0 Å². The van der Waals surface area contributed by atoms with Gasteiger partial charge in [-0.1, -0.05) is 22.4 Å². The Labute approximate surface area is 122 Å². The summed E-state index contributed by atoms with van der Waals surface area (Å²) in [5.74, 6) is 0.683. The van der Waals surface area contributed by atoms with Gasteiger partial charge >= 0.3 is 0 Å². The number of anilines is 1. The normalized spacial score (nSPS) is 10.3. The molecule has 0 aliphatic rings. The minimum absolute atomic E-state index is 0.0146. The maximum absolute atomic E-state index is 11.9. The first-order valence-corrected chi connectivity index (χ1v) is 7.21. The number of nitrogens with one attached hydrogen (secondary N) is 1. The van der Waals surface area contributed by atoms with Crippen molar-refractivity contribution in [2.24, 2.45) is 5.73 Å². The van der Waals surface area contributed by atoms with Crippen LogP contribution in [0.2, 0.25) is 0 Å². The summed E-state index contributed by atoms with van der Waals surface area (Å²) in [7, 11) is 1.60. The topological polar surface area (TPSA) is 64.3 Å². The molecule has 1 rings (SSSR count). The first-order chi connectivity index (χ1) is 9.08. The summed E-state index contributed by atoms with van der Waals surface area (Å²) in [5.41, 5.74) is 7.14. The van der Waals surface area contributed by atoms with Crippen molar-refractivity contribution in [1.82, 2.24) is 0 Å². The Balaban J connectivity index is 2.63. The molecule has 0 bridgehead atoms. The number of carbonyl (C=O) groups is 1. The molecule has 1 aromatic rings. The van der Waals surface area contributed by atoms with Crippen LogP contribution in [0.15, 0.2) is 16.6 Å². The lowest BCUT2D eigenvalue weighted by atomic mass is 10.1. The van der Waals surface area contributed by atoms with E-state index in [2.05, 4.69) is 21.2 Å². The SMILES string of the molecule is COc1cc(Br)cc(C)c1NC(=O)CCCCCN. The first kappa shape index (κ1) is 16.0. The highest BCUT2D eigenvalue weighted by atomic mass is 79.9. The molecule has 19 heavy (non-hydrogen) atoms. The van der Waals surface area contributed by atoms with E-state index in [1.54, 1.807) is 7.11 Å². The number of hydrogen-bond acceptors (Lipinski definition) is 3. The summed E-state index contributed by atoms with van der Waals surface area (Å²) in [5, 5.41) is 2.92. The molecule has 106 valence electrons. The standard InChI is InChI=1S/C14H21BrN2O2/c1-10-8-11(15)9-12(19-2)14(10)17-13(18)6-4-3-5-7-16/h8-9H,3-7,16H2,1-2H3,(H,17,18). The van der Waals surface area contributed by atoms with Gasteiger partial charge in [-0.15, -0.1) is 0 Å². The van der Waals surface area contributed by atoms with Crippen molar-refractivity contribution in [3.63, 3.8) is 0 Å². The molecule has 1 aromatic carbocycles. The summed E-state index contributed by atoms with van der Waals surface area (Å²) < 4.78 is 6.22. The van der Waals surface area contributed by atoms with Gasteiger partial charge in [0, 0.05) is 10.9 Å². The molecule has 0 radical (unpaired) electrons. The number of rotatable bonds is 7. The summed E-state index contributed by atoms with van der Waals surface area (Å²) >= 11 is 3.41. The molecule has 1 amide bonds. The molecule has 0 heterocycles. The number of aryl methyl sites for hydroxylation is 1.